The van der Waals surface area contributed by atoms with Gasteiger partial charge >= 0.3 is 5.97 Å². The van der Waals surface area contributed by atoms with Crippen molar-refractivity contribution >= 4 is 11.9 Å². The first-order valence-electron chi connectivity index (χ1n) is 17.1. The van der Waals surface area contributed by atoms with E-state index in [9.17, 15) is 19.1 Å². The van der Waals surface area contributed by atoms with E-state index in [1.165, 1.54) is 6.07 Å². The second-order valence-corrected chi connectivity index (χ2v) is 12.8. The second kappa shape index (κ2) is 16.9. The van der Waals surface area contributed by atoms with Crippen LogP contribution in [0.4, 0.5) is 4.39 Å². The lowest BCUT2D eigenvalue weighted by molar-refractivity contribution is -0.143. The number of hydrogen-bond acceptors (Lipinski definition) is 7. The maximum atomic E-state index is 13.9. The number of aromatic hydroxyl groups is 1. The topological polar surface area (TPSA) is 76.6 Å². The number of hydrogen-bond donors (Lipinski definition) is 1. The van der Waals surface area contributed by atoms with Crippen LogP contribution in [0.2, 0.25) is 0 Å². The third-order valence-electron chi connectivity index (χ3n) is 9.31. The quantitative estimate of drug-likeness (QED) is 0.200. The molecule has 2 fully saturated rings. The summed E-state index contributed by atoms with van der Waals surface area (Å²) < 4.78 is 18.9. The lowest BCUT2D eigenvalue weighted by atomic mass is 9.93. The average molecular weight is 645 g/mol. The molecule has 2 aliphatic heterocycles. The molecule has 3 aromatic carbocycles. The van der Waals surface area contributed by atoms with Crippen LogP contribution in [0.15, 0.2) is 72.8 Å². The van der Waals surface area contributed by atoms with Crippen molar-refractivity contribution < 1.29 is 23.8 Å². The van der Waals surface area contributed by atoms with Gasteiger partial charge in [0.25, 0.3) is 5.91 Å². The lowest BCUT2D eigenvalue weighted by Crippen LogP contribution is -2.52. The summed E-state index contributed by atoms with van der Waals surface area (Å²) in [4.78, 5) is 34.7. The van der Waals surface area contributed by atoms with Crippen LogP contribution < -0.4 is 0 Å². The smallest absolute Gasteiger partial charge is 0.305 e. The van der Waals surface area contributed by atoms with Gasteiger partial charge in [0.05, 0.1) is 12.6 Å². The number of piperazine rings is 1. The molecule has 47 heavy (non-hydrogen) atoms. The summed E-state index contributed by atoms with van der Waals surface area (Å²) in [5.74, 6) is -0.0927. The summed E-state index contributed by atoms with van der Waals surface area (Å²) in [6.45, 7) is 11.6. The highest BCUT2D eigenvalue weighted by Gasteiger charge is 2.32. The van der Waals surface area contributed by atoms with Crippen LogP contribution in [-0.4, -0.2) is 102 Å². The Morgan fingerprint density at radius 1 is 0.894 bits per heavy atom. The Morgan fingerprint density at radius 2 is 1.66 bits per heavy atom. The fourth-order valence-corrected chi connectivity index (χ4v) is 7.00. The van der Waals surface area contributed by atoms with E-state index in [-0.39, 0.29) is 35.5 Å². The summed E-state index contributed by atoms with van der Waals surface area (Å²) in [6.07, 6.45) is 3.11. The van der Waals surface area contributed by atoms with Crippen molar-refractivity contribution in [1.29, 1.82) is 0 Å². The van der Waals surface area contributed by atoms with Gasteiger partial charge in [-0.05, 0) is 99.3 Å². The van der Waals surface area contributed by atoms with E-state index in [4.69, 9.17) is 4.74 Å². The van der Waals surface area contributed by atoms with E-state index >= 15 is 0 Å². The Balaban J connectivity index is 1.26. The summed E-state index contributed by atoms with van der Waals surface area (Å²) in [5.41, 5.74) is 3.64. The fraction of sp³-hybridized carbons (Fsp3) is 0.474. The van der Waals surface area contributed by atoms with Crippen LogP contribution in [0.3, 0.4) is 0 Å². The number of carbonyl (C=O) groups excluding carboxylic acids is 2. The molecule has 8 nitrogen and oxygen atoms in total. The normalized spacial score (nSPS) is 18.9. The highest BCUT2D eigenvalue weighted by Crippen LogP contribution is 2.34. The van der Waals surface area contributed by atoms with E-state index < -0.39 is 0 Å². The molecular weight excluding hydrogens is 595 g/mol. The minimum Gasteiger partial charge on any atom is -0.508 e. The zero-order chi connectivity index (χ0) is 33.2. The van der Waals surface area contributed by atoms with Crippen molar-refractivity contribution in [2.45, 2.75) is 58.2 Å². The van der Waals surface area contributed by atoms with Gasteiger partial charge in [0.2, 0.25) is 0 Å². The number of esters is 1. The van der Waals surface area contributed by atoms with Crippen LogP contribution in [-0.2, 0) is 16.1 Å². The minimum atomic E-state index is -0.215. The molecule has 1 amide bonds. The van der Waals surface area contributed by atoms with Gasteiger partial charge in [0.15, 0.2) is 0 Å². The largest absolute Gasteiger partial charge is 0.508 e. The predicted molar refractivity (Wildman–Crippen MR) is 182 cm³/mol. The van der Waals surface area contributed by atoms with Gasteiger partial charge in [-0.25, -0.2) is 4.39 Å². The Kier molecular flexibility index (Phi) is 12.4. The van der Waals surface area contributed by atoms with E-state index in [2.05, 4.69) is 27.7 Å². The predicted octanol–water partition coefficient (Wildman–Crippen LogP) is 5.71. The zero-order valence-corrected chi connectivity index (χ0v) is 27.8. The number of benzene rings is 3. The zero-order valence-electron chi connectivity index (χ0n) is 27.8. The molecule has 9 heteroatoms. The van der Waals surface area contributed by atoms with E-state index in [1.807, 2.05) is 54.3 Å². The van der Waals surface area contributed by atoms with Crippen molar-refractivity contribution in [3.8, 4) is 5.75 Å². The molecule has 0 bridgehead atoms. The summed E-state index contributed by atoms with van der Waals surface area (Å²) in [5, 5.41) is 10.4. The highest BCUT2D eigenvalue weighted by molar-refractivity contribution is 5.94. The highest BCUT2D eigenvalue weighted by atomic mass is 19.1. The van der Waals surface area contributed by atoms with Crippen molar-refractivity contribution in [2.75, 3.05) is 59.0 Å². The third kappa shape index (κ3) is 9.62. The molecule has 0 aromatic heterocycles. The Morgan fingerprint density at radius 3 is 2.43 bits per heavy atom. The number of phenols is 1. The molecule has 2 aliphatic rings. The van der Waals surface area contributed by atoms with Gasteiger partial charge in [-0.3, -0.25) is 19.4 Å². The van der Waals surface area contributed by atoms with Crippen LogP contribution in [0.25, 0.3) is 0 Å². The first-order chi connectivity index (χ1) is 22.8. The van der Waals surface area contributed by atoms with Crippen molar-refractivity contribution in [2.24, 2.45) is 0 Å². The molecule has 0 spiro atoms. The fourth-order valence-electron chi connectivity index (χ4n) is 7.00. The molecule has 0 radical (unpaired) electrons. The maximum Gasteiger partial charge on any atom is 0.305 e. The van der Waals surface area contributed by atoms with Crippen LogP contribution in [0.1, 0.15) is 72.6 Å². The van der Waals surface area contributed by atoms with Gasteiger partial charge < -0.3 is 19.6 Å². The maximum absolute atomic E-state index is 13.9. The molecular formula is C38H49FN4O4. The monoisotopic (exact) mass is 644 g/mol. The Bertz CT molecular complexity index is 1490. The summed E-state index contributed by atoms with van der Waals surface area (Å²) in [6, 6.07) is 22.2. The Hall–Kier alpha value is -3.79. The molecule has 3 aromatic rings. The number of ether oxygens (including phenoxy) is 1. The van der Waals surface area contributed by atoms with Crippen molar-refractivity contribution in [3.05, 3.63) is 101 Å². The first-order valence-corrected chi connectivity index (χ1v) is 17.1. The number of unbranched alkanes of at least 4 members (excludes halogenated alkanes) is 1. The van der Waals surface area contributed by atoms with Crippen molar-refractivity contribution in [3.63, 3.8) is 0 Å². The number of rotatable bonds is 12. The third-order valence-corrected chi connectivity index (χ3v) is 9.31. The molecule has 2 saturated heterocycles. The minimum absolute atomic E-state index is 0.0404. The average Bonchev–Trinajstić information content (AvgIpc) is 3.30. The SMILES string of the molecule is CCOC(=O)CCCCN1CCCN(C(=O)c2cccc(C(c3cccc(O)c3)N3CCN(Cc4cccc(F)c4)CC3C)c2)CC1. The van der Waals surface area contributed by atoms with Gasteiger partial charge in [-0.2, -0.15) is 0 Å². The number of amides is 1. The number of phenolic OH excluding ortho intramolecular Hbond substituents is 1. The van der Waals surface area contributed by atoms with Gasteiger partial charge in [0.1, 0.15) is 11.6 Å². The summed E-state index contributed by atoms with van der Waals surface area (Å²) in [7, 11) is 0. The van der Waals surface area contributed by atoms with E-state index in [0.29, 0.717) is 38.2 Å². The molecule has 252 valence electrons. The molecule has 5 rings (SSSR count). The molecule has 1 N–H and O–H groups in total. The summed E-state index contributed by atoms with van der Waals surface area (Å²) >= 11 is 0. The standard InChI is InChI=1S/C38H49FN4O4/c1-3-47-36(45)16-4-5-17-40-18-9-19-42(22-20-40)38(46)33-13-7-11-31(25-33)37(32-12-8-15-35(44)26-32)43-23-21-41(27-29(43)2)28-30-10-6-14-34(39)24-30/h6-8,10-15,24-26,29,37,44H,3-5,9,16-23,27-28H2,1-2H3. The molecule has 2 unspecified atom stereocenters. The van der Waals surface area contributed by atoms with Crippen LogP contribution in [0, 0.1) is 5.82 Å². The molecule has 0 aliphatic carbocycles. The van der Waals surface area contributed by atoms with Gasteiger partial charge in [-0.15, -0.1) is 0 Å². The number of halogens is 1. The Labute approximate surface area is 278 Å². The van der Waals surface area contributed by atoms with E-state index in [0.717, 1.165) is 75.2 Å². The molecule has 0 saturated carbocycles. The number of nitrogens with zero attached hydrogens (tertiary/aromatic N) is 4. The number of carbonyl (C=O) groups is 2. The van der Waals surface area contributed by atoms with Crippen LogP contribution in [0.5, 0.6) is 5.75 Å². The lowest BCUT2D eigenvalue weighted by Gasteiger charge is -2.44. The van der Waals surface area contributed by atoms with Crippen LogP contribution >= 0.6 is 0 Å². The van der Waals surface area contributed by atoms with E-state index in [1.54, 1.807) is 18.2 Å². The first kappa shape index (κ1) is 34.5. The van der Waals surface area contributed by atoms with Gasteiger partial charge in [0, 0.05) is 63.8 Å². The molecule has 2 atom stereocenters. The van der Waals surface area contributed by atoms with Gasteiger partial charge in [-0.1, -0.05) is 36.4 Å². The van der Waals surface area contributed by atoms with Crippen molar-refractivity contribution in [1.82, 2.24) is 19.6 Å². The molecule has 2 heterocycles. The second-order valence-electron chi connectivity index (χ2n) is 12.8.